The van der Waals surface area contributed by atoms with E-state index in [1.165, 1.54) is 0 Å². The average Bonchev–Trinajstić information content (AvgIpc) is 2.95. The number of amides is 1. The molecule has 0 saturated carbocycles. The Morgan fingerprint density at radius 1 is 1.26 bits per heavy atom. The van der Waals surface area contributed by atoms with Gasteiger partial charge in [-0.05, 0) is 37.3 Å². The van der Waals surface area contributed by atoms with Gasteiger partial charge in [-0.3, -0.25) is 4.79 Å². The molecule has 0 N–H and O–H groups in total. The van der Waals surface area contributed by atoms with E-state index in [2.05, 4.69) is 4.98 Å². The van der Waals surface area contributed by atoms with E-state index in [0.717, 1.165) is 11.3 Å². The summed E-state index contributed by atoms with van der Waals surface area (Å²) in [5, 5.41) is 0.871. The zero-order valence-electron chi connectivity index (χ0n) is 12.5. The highest BCUT2D eigenvalue weighted by molar-refractivity contribution is 6.36. The minimum atomic E-state index is -0.125. The zero-order valence-corrected chi connectivity index (χ0v) is 14.1. The number of benzene rings is 1. The average molecular weight is 348 g/mol. The van der Waals surface area contributed by atoms with Crippen molar-refractivity contribution in [1.29, 1.82) is 0 Å². The van der Waals surface area contributed by atoms with E-state index in [1.54, 1.807) is 29.3 Å². The van der Waals surface area contributed by atoms with Crippen LogP contribution >= 0.6 is 23.2 Å². The second-order valence-corrected chi connectivity index (χ2v) is 5.97. The van der Waals surface area contributed by atoms with Gasteiger partial charge < -0.3 is 9.30 Å². The molecule has 6 heteroatoms. The molecular weight excluding hydrogens is 333 g/mol. The molecule has 0 bridgehead atoms. The molecule has 0 radical (unpaired) electrons. The van der Waals surface area contributed by atoms with Crippen molar-refractivity contribution >= 4 is 34.8 Å². The molecule has 4 nitrogen and oxygen atoms in total. The van der Waals surface area contributed by atoms with Gasteiger partial charge in [0.25, 0.3) is 5.91 Å². The smallest absolute Gasteiger partial charge is 0.255 e. The van der Waals surface area contributed by atoms with Gasteiger partial charge in [-0.25, -0.2) is 4.98 Å². The predicted molar refractivity (Wildman–Crippen MR) is 92.1 cm³/mol. The molecule has 2 aromatic heterocycles. The van der Waals surface area contributed by atoms with Gasteiger partial charge >= 0.3 is 0 Å². The number of aromatic nitrogens is 2. The molecule has 0 atom stereocenters. The van der Waals surface area contributed by atoms with Crippen molar-refractivity contribution in [3.05, 3.63) is 70.1 Å². The zero-order chi connectivity index (χ0) is 16.4. The van der Waals surface area contributed by atoms with Crippen molar-refractivity contribution in [2.75, 3.05) is 6.54 Å². The minimum Gasteiger partial charge on any atom is -0.333 e. The number of carbonyl (C=O) groups is 1. The minimum absolute atomic E-state index is 0.125. The molecule has 0 aliphatic rings. The van der Waals surface area contributed by atoms with Crippen molar-refractivity contribution < 1.29 is 4.79 Å². The lowest BCUT2D eigenvalue weighted by Crippen LogP contribution is -2.31. The summed E-state index contributed by atoms with van der Waals surface area (Å²) >= 11 is 12.0. The Labute approximate surface area is 144 Å². The lowest BCUT2D eigenvalue weighted by molar-refractivity contribution is 0.0750. The van der Waals surface area contributed by atoms with Gasteiger partial charge in [0.05, 0.1) is 29.0 Å². The van der Waals surface area contributed by atoms with Crippen molar-refractivity contribution in [2.45, 2.75) is 13.5 Å². The Morgan fingerprint density at radius 3 is 2.83 bits per heavy atom. The first-order valence-electron chi connectivity index (χ1n) is 7.25. The van der Waals surface area contributed by atoms with Crippen LogP contribution in [-0.2, 0) is 6.54 Å². The van der Waals surface area contributed by atoms with Crippen molar-refractivity contribution in [1.82, 2.24) is 14.3 Å². The summed E-state index contributed by atoms with van der Waals surface area (Å²) in [6.07, 6.45) is 3.72. The third kappa shape index (κ3) is 3.19. The lowest BCUT2D eigenvalue weighted by atomic mass is 10.2. The molecule has 1 amide bonds. The summed E-state index contributed by atoms with van der Waals surface area (Å²) in [7, 11) is 0. The molecule has 0 saturated heterocycles. The Balaban J connectivity index is 1.89. The molecular formula is C17H15Cl2N3O. The molecule has 118 valence electrons. The number of nitrogens with zero attached hydrogens (tertiary/aromatic N) is 3. The SMILES string of the molecule is CCN(Cc1cnc2ccccn12)C(=O)c1ccc(Cl)cc1Cl. The van der Waals surface area contributed by atoms with Gasteiger partial charge in [0.15, 0.2) is 0 Å². The van der Waals surface area contributed by atoms with Gasteiger partial charge in [-0.15, -0.1) is 0 Å². The van der Waals surface area contributed by atoms with Crippen LogP contribution in [0.15, 0.2) is 48.8 Å². The fraction of sp³-hybridized carbons (Fsp3) is 0.176. The van der Waals surface area contributed by atoms with E-state index in [4.69, 9.17) is 23.2 Å². The van der Waals surface area contributed by atoms with E-state index < -0.39 is 0 Å². The van der Waals surface area contributed by atoms with E-state index in [-0.39, 0.29) is 5.91 Å². The van der Waals surface area contributed by atoms with Gasteiger partial charge in [-0.2, -0.15) is 0 Å². The molecule has 1 aromatic carbocycles. The predicted octanol–water partition coefficient (Wildman–Crippen LogP) is 4.30. The number of rotatable bonds is 4. The van der Waals surface area contributed by atoms with Gasteiger partial charge in [-0.1, -0.05) is 29.3 Å². The number of carbonyl (C=O) groups excluding carboxylic acids is 1. The number of fused-ring (bicyclic) bond motifs is 1. The number of imidazole rings is 1. The number of halogens is 2. The second kappa shape index (κ2) is 6.60. The molecule has 3 rings (SSSR count). The van der Waals surface area contributed by atoms with Crippen LogP contribution in [-0.4, -0.2) is 26.7 Å². The maximum Gasteiger partial charge on any atom is 0.255 e. The molecule has 0 unspecified atom stereocenters. The van der Waals surface area contributed by atoms with Crippen LogP contribution < -0.4 is 0 Å². The highest BCUT2D eigenvalue weighted by Crippen LogP contribution is 2.23. The fourth-order valence-corrected chi connectivity index (χ4v) is 2.95. The fourth-order valence-electron chi connectivity index (χ4n) is 2.46. The molecule has 0 aliphatic heterocycles. The van der Waals surface area contributed by atoms with Crippen LogP contribution in [0.3, 0.4) is 0 Å². The summed E-state index contributed by atoms with van der Waals surface area (Å²) < 4.78 is 1.97. The highest BCUT2D eigenvalue weighted by Gasteiger charge is 2.19. The molecule has 0 aliphatic carbocycles. The molecule has 0 fully saturated rings. The lowest BCUT2D eigenvalue weighted by Gasteiger charge is -2.21. The summed E-state index contributed by atoms with van der Waals surface area (Å²) in [5.41, 5.74) is 2.25. The van der Waals surface area contributed by atoms with E-state index in [0.29, 0.717) is 28.7 Å². The number of hydrogen-bond acceptors (Lipinski definition) is 2. The first-order chi connectivity index (χ1) is 11.1. The number of pyridine rings is 1. The summed E-state index contributed by atoms with van der Waals surface area (Å²) in [5.74, 6) is -0.125. The Morgan fingerprint density at radius 2 is 2.09 bits per heavy atom. The first kappa shape index (κ1) is 15.8. The van der Waals surface area contributed by atoms with Crippen LogP contribution in [0, 0.1) is 0 Å². The van der Waals surface area contributed by atoms with E-state index in [9.17, 15) is 4.79 Å². The Hall–Kier alpha value is -2.04. The maximum absolute atomic E-state index is 12.7. The molecule has 2 heterocycles. The van der Waals surface area contributed by atoms with Crippen molar-refractivity contribution in [3.63, 3.8) is 0 Å². The van der Waals surface area contributed by atoms with Crippen LogP contribution in [0.5, 0.6) is 0 Å². The first-order valence-corrected chi connectivity index (χ1v) is 8.01. The van der Waals surface area contributed by atoms with Gasteiger partial charge in [0, 0.05) is 17.8 Å². The number of hydrogen-bond donors (Lipinski definition) is 0. The van der Waals surface area contributed by atoms with Crippen molar-refractivity contribution in [2.24, 2.45) is 0 Å². The maximum atomic E-state index is 12.7. The molecule has 0 spiro atoms. The van der Waals surface area contributed by atoms with Crippen molar-refractivity contribution in [3.8, 4) is 0 Å². The normalized spacial score (nSPS) is 10.9. The third-order valence-corrected chi connectivity index (χ3v) is 4.22. The monoisotopic (exact) mass is 347 g/mol. The van der Waals surface area contributed by atoms with Crippen LogP contribution in [0.2, 0.25) is 10.0 Å². The quantitative estimate of drug-likeness (QED) is 0.705. The van der Waals surface area contributed by atoms with Crippen LogP contribution in [0.25, 0.3) is 5.65 Å². The Kier molecular flexibility index (Phi) is 4.55. The van der Waals surface area contributed by atoms with Gasteiger partial charge in [0.2, 0.25) is 0 Å². The van der Waals surface area contributed by atoms with Gasteiger partial charge in [0.1, 0.15) is 5.65 Å². The topological polar surface area (TPSA) is 37.6 Å². The van der Waals surface area contributed by atoms with Crippen LogP contribution in [0.4, 0.5) is 0 Å². The van der Waals surface area contributed by atoms with E-state index in [1.807, 2.05) is 35.7 Å². The summed E-state index contributed by atoms with van der Waals surface area (Å²) in [6.45, 7) is 2.96. The largest absolute Gasteiger partial charge is 0.333 e. The summed E-state index contributed by atoms with van der Waals surface area (Å²) in [4.78, 5) is 18.8. The molecule has 3 aromatic rings. The molecule has 23 heavy (non-hydrogen) atoms. The Bertz CT molecular complexity index is 860. The summed E-state index contributed by atoms with van der Waals surface area (Å²) in [6, 6.07) is 10.7. The standard InChI is InChI=1S/C17H15Cl2N3O/c1-2-21(17(23)14-7-6-12(18)9-15(14)19)11-13-10-20-16-5-3-4-8-22(13)16/h3-10H,2,11H2,1H3. The third-order valence-electron chi connectivity index (χ3n) is 3.68. The highest BCUT2D eigenvalue weighted by atomic mass is 35.5. The van der Waals surface area contributed by atoms with E-state index >= 15 is 0 Å². The van der Waals surface area contributed by atoms with Crippen LogP contribution in [0.1, 0.15) is 23.0 Å². The second-order valence-electron chi connectivity index (χ2n) is 5.12.